The van der Waals surface area contributed by atoms with Gasteiger partial charge in [0.15, 0.2) is 5.03 Å². The van der Waals surface area contributed by atoms with Gasteiger partial charge in [0.25, 0.3) is 0 Å². The van der Waals surface area contributed by atoms with E-state index in [1.54, 1.807) is 18.2 Å². The molecule has 2 aromatic rings. The molecule has 1 heterocycles. The van der Waals surface area contributed by atoms with E-state index in [-0.39, 0.29) is 58.8 Å². The molecule has 0 radical (unpaired) electrons. The minimum atomic E-state index is -3.94. The van der Waals surface area contributed by atoms with Gasteiger partial charge in [-0.1, -0.05) is 11.2 Å². The number of aliphatic hydroxyl groups is 1. The number of hydrogen-bond donors (Lipinski definition) is 3. The summed E-state index contributed by atoms with van der Waals surface area (Å²) in [5, 5.41) is 20.1. The number of benzene rings is 1. The molecule has 0 saturated heterocycles. The summed E-state index contributed by atoms with van der Waals surface area (Å²) in [6.45, 7) is -0.256. The fraction of sp³-hybridized carbons (Fsp3) is 0.429. The Kier molecular flexibility index (Phi) is 9.41. The first-order valence-electron chi connectivity index (χ1n) is 10.1. The van der Waals surface area contributed by atoms with Gasteiger partial charge in [-0.2, -0.15) is 0 Å². The van der Waals surface area contributed by atoms with Crippen molar-refractivity contribution in [1.29, 1.82) is 0 Å². The number of nitrogens with zero attached hydrogens (tertiary/aromatic N) is 2. The lowest BCUT2D eigenvalue weighted by Crippen LogP contribution is -2.40. The van der Waals surface area contributed by atoms with Gasteiger partial charge in [-0.15, -0.1) is 12.4 Å². The van der Waals surface area contributed by atoms with Crippen LogP contribution in [-0.4, -0.2) is 48.0 Å². The molecule has 3 N–H and O–H groups in total. The number of methoxy groups -OCH3 is 1. The topological polar surface area (TPSA) is 129 Å². The third-order valence-electron chi connectivity index (χ3n) is 5.34. The van der Waals surface area contributed by atoms with Gasteiger partial charge >= 0.3 is 0 Å². The van der Waals surface area contributed by atoms with Crippen LogP contribution in [0.3, 0.4) is 0 Å². The van der Waals surface area contributed by atoms with Crippen molar-refractivity contribution in [3.8, 4) is 5.75 Å². The second kappa shape index (κ2) is 11.6. The number of aromatic nitrogens is 1. The average Bonchev–Trinajstić information content (AvgIpc) is 2.75. The van der Waals surface area contributed by atoms with E-state index in [1.807, 2.05) is 0 Å². The highest BCUT2D eigenvalue weighted by atomic mass is 35.5. The van der Waals surface area contributed by atoms with E-state index in [9.17, 15) is 23.5 Å². The molecule has 32 heavy (non-hydrogen) atoms. The number of pyridine rings is 1. The van der Waals surface area contributed by atoms with Crippen molar-refractivity contribution >= 4 is 28.2 Å². The molecule has 9 nitrogen and oxygen atoms in total. The van der Waals surface area contributed by atoms with Crippen molar-refractivity contribution < 1.29 is 28.3 Å². The number of carbonyl (C=O) groups excluding carboxylic acids is 1. The number of hydrazine groups is 1. The molecule has 11 heteroatoms. The summed E-state index contributed by atoms with van der Waals surface area (Å²) in [6.07, 6.45) is 4.14. The summed E-state index contributed by atoms with van der Waals surface area (Å²) in [5.74, 6) is 0.311. The summed E-state index contributed by atoms with van der Waals surface area (Å²) in [4.78, 5) is 16.3. The first kappa shape index (κ1) is 26.0. The maximum Gasteiger partial charge on any atom is 0.236 e. The van der Waals surface area contributed by atoms with Crippen LogP contribution in [0.4, 0.5) is 0 Å². The van der Waals surface area contributed by atoms with Crippen LogP contribution < -0.4 is 10.2 Å². The highest BCUT2D eigenvalue weighted by Gasteiger charge is 2.25. The Labute approximate surface area is 193 Å². The molecule has 1 aliphatic carbocycles. The number of carbonyl (C=O) groups is 1. The molecule has 1 aliphatic rings. The van der Waals surface area contributed by atoms with Crippen molar-refractivity contribution in [1.82, 2.24) is 15.6 Å². The minimum absolute atomic E-state index is 0. The summed E-state index contributed by atoms with van der Waals surface area (Å²) in [7, 11) is -2.45. The molecule has 0 spiro atoms. The Hall–Kier alpha value is -2.24. The molecule has 176 valence electrons. The van der Waals surface area contributed by atoms with E-state index in [0.717, 1.165) is 12.8 Å². The van der Waals surface area contributed by atoms with Gasteiger partial charge in [-0.3, -0.25) is 15.4 Å². The van der Waals surface area contributed by atoms with Gasteiger partial charge in [0.2, 0.25) is 15.7 Å². The number of amides is 1. The van der Waals surface area contributed by atoms with E-state index in [4.69, 9.17) is 4.74 Å². The first-order chi connectivity index (χ1) is 14.8. The molecular weight excluding hydrogens is 458 g/mol. The number of sulfone groups is 1. The van der Waals surface area contributed by atoms with E-state index in [1.165, 1.54) is 31.5 Å². The lowest BCUT2D eigenvalue weighted by atomic mass is 9.85. The van der Waals surface area contributed by atoms with Gasteiger partial charge in [0.1, 0.15) is 5.75 Å². The van der Waals surface area contributed by atoms with Gasteiger partial charge in [0, 0.05) is 18.2 Å². The molecule has 1 fully saturated rings. The maximum absolute atomic E-state index is 13.0. The van der Waals surface area contributed by atoms with E-state index >= 15 is 0 Å². The van der Waals surface area contributed by atoms with Crippen LogP contribution in [0.25, 0.3) is 0 Å². The third-order valence-corrected chi connectivity index (χ3v) is 7.11. The highest BCUT2D eigenvalue weighted by Crippen LogP contribution is 2.27. The first-order valence-corrected chi connectivity index (χ1v) is 11.5. The second-order valence-corrected chi connectivity index (χ2v) is 9.48. The molecule has 1 aromatic carbocycles. The quantitative estimate of drug-likeness (QED) is 0.486. The zero-order valence-electron chi connectivity index (χ0n) is 17.7. The van der Waals surface area contributed by atoms with Crippen LogP contribution in [0.1, 0.15) is 37.7 Å². The number of nitrogens with one attached hydrogen (secondary N) is 1. The molecule has 1 amide bonds. The zero-order chi connectivity index (χ0) is 22.4. The van der Waals surface area contributed by atoms with Crippen molar-refractivity contribution in [2.24, 2.45) is 5.92 Å². The fourth-order valence-electron chi connectivity index (χ4n) is 3.65. The van der Waals surface area contributed by atoms with Crippen LogP contribution in [0.5, 0.6) is 5.75 Å². The zero-order valence-corrected chi connectivity index (χ0v) is 19.3. The maximum atomic E-state index is 13.0. The van der Waals surface area contributed by atoms with Gasteiger partial charge in [-0.05, 0) is 61.9 Å². The van der Waals surface area contributed by atoms with E-state index < -0.39 is 9.84 Å². The van der Waals surface area contributed by atoms with Crippen LogP contribution in [0.15, 0.2) is 52.5 Å². The summed E-state index contributed by atoms with van der Waals surface area (Å²) >= 11 is 0. The lowest BCUT2D eigenvalue weighted by Gasteiger charge is -2.25. The summed E-state index contributed by atoms with van der Waals surface area (Å²) < 4.78 is 31.1. The molecule has 3 rings (SSSR count). The largest absolute Gasteiger partial charge is 0.497 e. The van der Waals surface area contributed by atoms with Gasteiger partial charge < -0.3 is 9.84 Å². The standard InChI is InChI=1S/C21H27N3O6S.ClH/c1-30-18-8-10-19(11-9-18)31(28,29)21-16(3-2-12-22-21)14-24(27)23-20(26)13-15-4-6-17(25)7-5-15;/h2-3,8-12,15,17,25,27H,4-7,13-14H2,1H3,(H,23,26);1H/t15-,17-;. The highest BCUT2D eigenvalue weighted by molar-refractivity contribution is 7.91. The Balaban J connectivity index is 0.00000363. The van der Waals surface area contributed by atoms with Crippen molar-refractivity contribution in [3.63, 3.8) is 0 Å². The van der Waals surface area contributed by atoms with Crippen molar-refractivity contribution in [3.05, 3.63) is 48.2 Å². The van der Waals surface area contributed by atoms with Crippen molar-refractivity contribution in [2.75, 3.05) is 7.11 Å². The monoisotopic (exact) mass is 485 g/mol. The molecular formula is C21H28ClN3O6S. The smallest absolute Gasteiger partial charge is 0.236 e. The molecule has 0 unspecified atom stereocenters. The van der Waals surface area contributed by atoms with Crippen LogP contribution >= 0.6 is 12.4 Å². The molecule has 1 aromatic heterocycles. The Morgan fingerprint density at radius 2 is 1.84 bits per heavy atom. The second-order valence-electron chi connectivity index (χ2n) is 7.62. The van der Waals surface area contributed by atoms with E-state index in [0.29, 0.717) is 23.8 Å². The third kappa shape index (κ3) is 6.63. The SMILES string of the molecule is COc1ccc(S(=O)(=O)c2ncccc2CN(O)NC(=O)C[C@H]2CC[C@H](O)CC2)cc1.Cl. The normalized spacial score (nSPS) is 18.6. The Morgan fingerprint density at radius 1 is 1.19 bits per heavy atom. The Morgan fingerprint density at radius 3 is 2.47 bits per heavy atom. The molecule has 0 bridgehead atoms. The summed E-state index contributed by atoms with van der Waals surface area (Å²) in [5.41, 5.74) is 2.61. The number of aliphatic hydroxyl groups excluding tert-OH is 1. The number of ether oxygens (including phenoxy) is 1. The number of hydrogen-bond acceptors (Lipinski definition) is 8. The van der Waals surface area contributed by atoms with Crippen LogP contribution in [0.2, 0.25) is 0 Å². The predicted octanol–water partition coefficient (Wildman–Crippen LogP) is 2.51. The Bertz CT molecular complexity index is 995. The average molecular weight is 486 g/mol. The lowest BCUT2D eigenvalue weighted by molar-refractivity contribution is -0.166. The minimum Gasteiger partial charge on any atom is -0.497 e. The van der Waals surface area contributed by atoms with Crippen molar-refractivity contribution in [2.45, 2.75) is 54.7 Å². The molecule has 1 saturated carbocycles. The number of rotatable bonds is 8. The number of halogens is 1. The van der Waals surface area contributed by atoms with Gasteiger partial charge in [-0.25, -0.2) is 13.4 Å². The van der Waals surface area contributed by atoms with Crippen LogP contribution in [0, 0.1) is 5.92 Å². The van der Waals surface area contributed by atoms with E-state index in [2.05, 4.69) is 10.4 Å². The molecule has 0 aliphatic heterocycles. The molecule has 0 atom stereocenters. The van der Waals surface area contributed by atoms with Crippen LogP contribution in [-0.2, 0) is 21.2 Å². The number of hydroxylamine groups is 1. The summed E-state index contributed by atoms with van der Waals surface area (Å²) in [6, 6.07) is 9.02. The predicted molar refractivity (Wildman–Crippen MR) is 118 cm³/mol. The van der Waals surface area contributed by atoms with Gasteiger partial charge in [0.05, 0.1) is 24.7 Å². The fourth-order valence-corrected chi connectivity index (χ4v) is 5.05.